The Bertz CT molecular complexity index is 943. The van der Waals surface area contributed by atoms with Crippen molar-refractivity contribution in [3.05, 3.63) is 64.7 Å². The van der Waals surface area contributed by atoms with Crippen molar-refractivity contribution in [3.63, 3.8) is 0 Å². The van der Waals surface area contributed by atoms with Crippen molar-refractivity contribution in [2.24, 2.45) is 0 Å². The van der Waals surface area contributed by atoms with Gasteiger partial charge >= 0.3 is 0 Å². The number of ether oxygens (including phenoxy) is 1. The summed E-state index contributed by atoms with van der Waals surface area (Å²) in [6.07, 6.45) is -0.644. The van der Waals surface area contributed by atoms with Crippen LogP contribution >= 0.6 is 34.7 Å². The zero-order valence-electron chi connectivity index (χ0n) is 16.4. The zero-order valence-corrected chi connectivity index (χ0v) is 18.8. The van der Waals surface area contributed by atoms with Gasteiger partial charge in [0.2, 0.25) is 5.13 Å². The molecule has 0 fully saturated rings. The third-order valence-electron chi connectivity index (χ3n) is 4.14. The standard InChI is InChI=1S/C21H22ClN3O2S2/c1-13(2)16-6-10-18(11-7-16)27-14(3)19(26)23-20-24-25-21(29-20)28-12-15-4-8-17(22)9-5-15/h4-11,13-14H,12H2,1-3H3,(H,23,24,26). The molecule has 0 bridgehead atoms. The summed E-state index contributed by atoms with van der Waals surface area (Å²) in [5, 5.41) is 12.1. The topological polar surface area (TPSA) is 64.1 Å². The molecule has 0 aliphatic carbocycles. The number of thioether (sulfide) groups is 1. The first-order valence-electron chi connectivity index (χ1n) is 9.19. The van der Waals surface area contributed by atoms with E-state index in [2.05, 4.69) is 29.4 Å². The SMILES string of the molecule is CC(Oc1ccc(C(C)C)cc1)C(=O)Nc1nnc(SCc2ccc(Cl)cc2)s1. The maximum Gasteiger partial charge on any atom is 0.266 e. The Labute approximate surface area is 183 Å². The van der Waals surface area contributed by atoms with E-state index in [4.69, 9.17) is 16.3 Å². The highest BCUT2D eigenvalue weighted by atomic mass is 35.5. The normalized spacial score (nSPS) is 12.0. The molecular formula is C21H22ClN3O2S2. The molecule has 0 radical (unpaired) electrons. The van der Waals surface area contributed by atoms with Crippen LogP contribution in [0, 0.1) is 0 Å². The summed E-state index contributed by atoms with van der Waals surface area (Å²) in [7, 11) is 0. The van der Waals surface area contributed by atoms with E-state index in [1.54, 1.807) is 18.7 Å². The lowest BCUT2D eigenvalue weighted by Gasteiger charge is -2.14. The second-order valence-corrected chi connectivity index (χ2v) is 9.40. The average molecular weight is 448 g/mol. The Morgan fingerprint density at radius 1 is 1.10 bits per heavy atom. The summed E-state index contributed by atoms with van der Waals surface area (Å²) in [5.74, 6) is 1.61. The molecule has 1 atom stereocenters. The van der Waals surface area contributed by atoms with Crippen molar-refractivity contribution >= 4 is 45.7 Å². The lowest BCUT2D eigenvalue weighted by atomic mass is 10.0. The molecule has 0 saturated heterocycles. The highest BCUT2D eigenvalue weighted by Gasteiger charge is 2.17. The maximum absolute atomic E-state index is 12.4. The minimum Gasteiger partial charge on any atom is -0.481 e. The van der Waals surface area contributed by atoms with E-state index < -0.39 is 6.10 Å². The first kappa shape index (κ1) is 21.6. The molecule has 1 aromatic heterocycles. The van der Waals surface area contributed by atoms with Gasteiger partial charge in [-0.15, -0.1) is 10.2 Å². The van der Waals surface area contributed by atoms with Gasteiger partial charge < -0.3 is 4.74 Å². The van der Waals surface area contributed by atoms with Crippen LogP contribution in [0.1, 0.15) is 37.8 Å². The van der Waals surface area contributed by atoms with Crippen LogP contribution in [0.3, 0.4) is 0 Å². The van der Waals surface area contributed by atoms with Crippen LogP contribution < -0.4 is 10.1 Å². The minimum absolute atomic E-state index is 0.261. The lowest BCUT2D eigenvalue weighted by molar-refractivity contribution is -0.122. The molecule has 0 aliphatic heterocycles. The van der Waals surface area contributed by atoms with Gasteiger partial charge in [0.1, 0.15) is 5.75 Å². The summed E-state index contributed by atoms with van der Waals surface area (Å²) >= 11 is 8.80. The largest absolute Gasteiger partial charge is 0.481 e. The predicted molar refractivity (Wildman–Crippen MR) is 120 cm³/mol. The summed E-state index contributed by atoms with van der Waals surface area (Å²) < 4.78 is 6.52. The average Bonchev–Trinajstić information content (AvgIpc) is 3.15. The minimum atomic E-state index is -0.644. The van der Waals surface area contributed by atoms with E-state index >= 15 is 0 Å². The molecule has 0 saturated carbocycles. The molecule has 3 rings (SSSR count). The van der Waals surface area contributed by atoms with E-state index in [0.29, 0.717) is 21.8 Å². The van der Waals surface area contributed by atoms with Gasteiger partial charge in [-0.25, -0.2) is 0 Å². The quantitative estimate of drug-likeness (QED) is 0.338. The number of carbonyl (C=O) groups excluding carboxylic acids is 1. The molecule has 0 aliphatic rings. The van der Waals surface area contributed by atoms with E-state index in [1.165, 1.54) is 16.9 Å². The molecule has 1 heterocycles. The molecule has 152 valence electrons. The number of rotatable bonds is 8. The second-order valence-electron chi connectivity index (χ2n) is 6.76. The fraction of sp³-hybridized carbons (Fsp3) is 0.286. The number of nitrogens with zero attached hydrogens (tertiary/aromatic N) is 2. The van der Waals surface area contributed by atoms with Crippen molar-refractivity contribution in [2.45, 2.75) is 42.9 Å². The van der Waals surface area contributed by atoms with Crippen LogP contribution in [0.4, 0.5) is 5.13 Å². The van der Waals surface area contributed by atoms with Gasteiger partial charge in [0.05, 0.1) is 0 Å². The van der Waals surface area contributed by atoms with E-state index in [-0.39, 0.29) is 5.91 Å². The van der Waals surface area contributed by atoms with Crippen molar-refractivity contribution < 1.29 is 9.53 Å². The summed E-state index contributed by atoms with van der Waals surface area (Å²) in [4.78, 5) is 12.4. The highest BCUT2D eigenvalue weighted by molar-refractivity contribution is 8.00. The van der Waals surface area contributed by atoms with E-state index in [9.17, 15) is 4.79 Å². The Kier molecular flexibility index (Phi) is 7.52. The first-order chi connectivity index (χ1) is 13.9. The molecule has 2 aromatic carbocycles. The van der Waals surface area contributed by atoms with Crippen LogP contribution in [0.25, 0.3) is 0 Å². The number of hydrogen-bond acceptors (Lipinski definition) is 6. The van der Waals surface area contributed by atoms with Crippen molar-refractivity contribution in [1.29, 1.82) is 0 Å². The van der Waals surface area contributed by atoms with Gasteiger partial charge in [0.25, 0.3) is 5.91 Å². The molecule has 1 amide bonds. The molecule has 5 nitrogen and oxygen atoms in total. The molecular weight excluding hydrogens is 426 g/mol. The van der Waals surface area contributed by atoms with Gasteiger partial charge in [-0.1, -0.05) is 72.8 Å². The van der Waals surface area contributed by atoms with Crippen molar-refractivity contribution in [2.75, 3.05) is 5.32 Å². The molecule has 1 N–H and O–H groups in total. The van der Waals surface area contributed by atoms with Crippen LogP contribution in [-0.4, -0.2) is 22.2 Å². The van der Waals surface area contributed by atoms with Crippen LogP contribution in [0.5, 0.6) is 5.75 Å². The van der Waals surface area contributed by atoms with Crippen molar-refractivity contribution in [3.8, 4) is 5.75 Å². The zero-order chi connectivity index (χ0) is 20.8. The number of carbonyl (C=O) groups is 1. The predicted octanol–water partition coefficient (Wildman–Crippen LogP) is 6.01. The number of amides is 1. The Morgan fingerprint density at radius 3 is 2.45 bits per heavy atom. The van der Waals surface area contributed by atoms with Gasteiger partial charge in [0, 0.05) is 10.8 Å². The van der Waals surface area contributed by atoms with E-state index in [1.807, 2.05) is 48.5 Å². The van der Waals surface area contributed by atoms with Gasteiger partial charge in [-0.05, 0) is 48.2 Å². The van der Waals surface area contributed by atoms with Crippen LogP contribution in [0.2, 0.25) is 5.02 Å². The van der Waals surface area contributed by atoms with Crippen LogP contribution in [-0.2, 0) is 10.5 Å². The Hall–Kier alpha value is -2.09. The van der Waals surface area contributed by atoms with E-state index in [0.717, 1.165) is 15.7 Å². The lowest BCUT2D eigenvalue weighted by Crippen LogP contribution is -2.30. The summed E-state index contributed by atoms with van der Waals surface area (Å²) in [5.41, 5.74) is 2.37. The van der Waals surface area contributed by atoms with Crippen molar-refractivity contribution in [1.82, 2.24) is 10.2 Å². The number of anilines is 1. The van der Waals surface area contributed by atoms with Crippen LogP contribution in [0.15, 0.2) is 52.9 Å². The summed E-state index contributed by atoms with van der Waals surface area (Å²) in [6.45, 7) is 5.98. The second kappa shape index (κ2) is 10.1. The number of nitrogens with one attached hydrogen (secondary N) is 1. The monoisotopic (exact) mass is 447 g/mol. The Balaban J connectivity index is 1.50. The smallest absolute Gasteiger partial charge is 0.266 e. The fourth-order valence-electron chi connectivity index (χ4n) is 2.44. The molecule has 29 heavy (non-hydrogen) atoms. The highest BCUT2D eigenvalue weighted by Crippen LogP contribution is 2.29. The molecule has 1 unspecified atom stereocenters. The number of hydrogen-bond donors (Lipinski definition) is 1. The molecule has 0 spiro atoms. The number of benzene rings is 2. The Morgan fingerprint density at radius 2 is 1.79 bits per heavy atom. The maximum atomic E-state index is 12.4. The van der Waals surface area contributed by atoms with Gasteiger partial charge in [-0.2, -0.15) is 0 Å². The number of aromatic nitrogens is 2. The third-order valence-corrected chi connectivity index (χ3v) is 6.44. The number of halogens is 1. The summed E-state index contributed by atoms with van der Waals surface area (Å²) in [6, 6.07) is 15.5. The van der Waals surface area contributed by atoms with Gasteiger partial charge in [-0.3, -0.25) is 10.1 Å². The molecule has 8 heteroatoms. The first-order valence-corrected chi connectivity index (χ1v) is 11.4. The molecule has 3 aromatic rings. The van der Waals surface area contributed by atoms with Gasteiger partial charge in [0.15, 0.2) is 10.4 Å². The third kappa shape index (κ3) is 6.45. The fourth-order valence-corrected chi connectivity index (χ4v) is 4.28.